The van der Waals surface area contributed by atoms with Gasteiger partial charge in [-0.15, -0.1) is 0 Å². The van der Waals surface area contributed by atoms with Crippen molar-refractivity contribution >= 4 is 11.8 Å². The third-order valence-corrected chi connectivity index (χ3v) is 4.37. The molecule has 1 N–H and O–H groups in total. The third-order valence-electron chi connectivity index (χ3n) is 4.37. The van der Waals surface area contributed by atoms with Crippen molar-refractivity contribution in [3.8, 4) is 0 Å². The number of amides is 2. The van der Waals surface area contributed by atoms with E-state index in [0.717, 1.165) is 0 Å². The van der Waals surface area contributed by atoms with Crippen LogP contribution in [0.25, 0.3) is 0 Å². The molecule has 108 valence electrons. The van der Waals surface area contributed by atoms with E-state index < -0.39 is 11.5 Å². The van der Waals surface area contributed by atoms with E-state index in [4.69, 9.17) is 0 Å². The van der Waals surface area contributed by atoms with Crippen molar-refractivity contribution in [1.82, 2.24) is 4.90 Å². The molecule has 1 aliphatic rings. The van der Waals surface area contributed by atoms with Gasteiger partial charge in [-0.3, -0.25) is 14.5 Å². The lowest BCUT2D eigenvalue weighted by Gasteiger charge is -2.26. The summed E-state index contributed by atoms with van der Waals surface area (Å²) in [6, 6.07) is 9.09. The van der Waals surface area contributed by atoms with Gasteiger partial charge < -0.3 is 5.11 Å². The van der Waals surface area contributed by atoms with Crippen LogP contribution < -0.4 is 0 Å². The molecule has 1 aromatic rings. The number of carbonyl (C=O) groups excluding carboxylic acids is 2. The number of aliphatic hydroxyl groups excluding tert-OH is 1. The van der Waals surface area contributed by atoms with Crippen LogP contribution in [-0.2, 0) is 9.59 Å². The SMILES string of the molecule is CC(C)C1(C)CC(=O)N(CC(O)c2ccccc2)C1=O. The lowest BCUT2D eigenvalue weighted by atomic mass is 9.78. The van der Waals surface area contributed by atoms with Crippen LogP contribution in [0.5, 0.6) is 0 Å². The number of likely N-dealkylation sites (tertiary alicyclic amines) is 1. The van der Waals surface area contributed by atoms with E-state index in [0.29, 0.717) is 5.56 Å². The highest BCUT2D eigenvalue weighted by molar-refractivity contribution is 6.05. The Morgan fingerprint density at radius 2 is 1.85 bits per heavy atom. The zero-order valence-corrected chi connectivity index (χ0v) is 12.2. The minimum Gasteiger partial charge on any atom is -0.387 e. The first-order valence-corrected chi connectivity index (χ1v) is 6.94. The zero-order valence-electron chi connectivity index (χ0n) is 12.2. The molecular formula is C16H21NO3. The van der Waals surface area contributed by atoms with Crippen molar-refractivity contribution in [2.75, 3.05) is 6.54 Å². The van der Waals surface area contributed by atoms with Crippen molar-refractivity contribution in [1.29, 1.82) is 0 Å². The molecule has 4 heteroatoms. The minimum absolute atomic E-state index is 0.0317. The Balaban J connectivity index is 2.14. The first-order chi connectivity index (χ1) is 9.36. The van der Waals surface area contributed by atoms with Gasteiger partial charge in [0.1, 0.15) is 0 Å². The van der Waals surface area contributed by atoms with Gasteiger partial charge in [-0.25, -0.2) is 0 Å². The molecule has 1 saturated heterocycles. The van der Waals surface area contributed by atoms with Gasteiger partial charge in [0.2, 0.25) is 11.8 Å². The van der Waals surface area contributed by atoms with Crippen molar-refractivity contribution in [2.24, 2.45) is 11.3 Å². The summed E-state index contributed by atoms with van der Waals surface area (Å²) < 4.78 is 0. The van der Waals surface area contributed by atoms with Crippen LogP contribution in [0.15, 0.2) is 30.3 Å². The highest BCUT2D eigenvalue weighted by Crippen LogP contribution is 2.39. The second-order valence-electron chi connectivity index (χ2n) is 5.98. The maximum Gasteiger partial charge on any atom is 0.235 e. The molecule has 1 fully saturated rings. The fourth-order valence-electron chi connectivity index (χ4n) is 2.50. The molecule has 1 aliphatic heterocycles. The van der Waals surface area contributed by atoms with Crippen molar-refractivity contribution < 1.29 is 14.7 Å². The van der Waals surface area contributed by atoms with E-state index in [1.165, 1.54) is 4.90 Å². The number of aliphatic hydroxyl groups is 1. The second kappa shape index (κ2) is 5.37. The van der Waals surface area contributed by atoms with Crippen LogP contribution in [0.2, 0.25) is 0 Å². The Morgan fingerprint density at radius 3 is 2.35 bits per heavy atom. The molecule has 0 radical (unpaired) electrons. The highest BCUT2D eigenvalue weighted by atomic mass is 16.3. The number of benzene rings is 1. The summed E-state index contributed by atoms with van der Waals surface area (Å²) in [5.41, 5.74) is 0.0688. The number of rotatable bonds is 4. The van der Waals surface area contributed by atoms with Gasteiger partial charge in [-0.2, -0.15) is 0 Å². The highest BCUT2D eigenvalue weighted by Gasteiger charge is 2.50. The monoisotopic (exact) mass is 275 g/mol. The van der Waals surface area contributed by atoms with Crippen molar-refractivity contribution in [3.05, 3.63) is 35.9 Å². The summed E-state index contributed by atoms with van der Waals surface area (Å²) in [6.07, 6.45) is -0.607. The minimum atomic E-state index is -0.835. The van der Waals surface area contributed by atoms with Gasteiger partial charge in [0.15, 0.2) is 0 Å². The number of nitrogens with zero attached hydrogens (tertiary/aromatic N) is 1. The summed E-state index contributed by atoms with van der Waals surface area (Å²) in [5, 5.41) is 10.2. The number of carbonyl (C=O) groups is 2. The molecule has 1 heterocycles. The molecule has 0 aliphatic carbocycles. The van der Waals surface area contributed by atoms with Crippen molar-refractivity contribution in [2.45, 2.75) is 33.3 Å². The van der Waals surface area contributed by atoms with Crippen LogP contribution >= 0.6 is 0 Å². The molecule has 0 aromatic heterocycles. The molecule has 2 amide bonds. The number of hydrogen-bond donors (Lipinski definition) is 1. The summed E-state index contributed by atoms with van der Waals surface area (Å²) in [6.45, 7) is 5.75. The zero-order chi connectivity index (χ0) is 14.9. The van der Waals surface area contributed by atoms with Gasteiger partial charge in [0, 0.05) is 6.42 Å². The Bertz CT molecular complexity index is 512. The second-order valence-corrected chi connectivity index (χ2v) is 5.98. The lowest BCUT2D eigenvalue weighted by Crippen LogP contribution is -2.39. The van der Waals surface area contributed by atoms with Gasteiger partial charge in [-0.1, -0.05) is 44.2 Å². The molecule has 0 saturated carbocycles. The predicted molar refractivity (Wildman–Crippen MR) is 75.7 cm³/mol. The molecule has 2 atom stereocenters. The summed E-state index contributed by atoms with van der Waals surface area (Å²) in [4.78, 5) is 25.7. The maximum atomic E-state index is 12.4. The van der Waals surface area contributed by atoms with E-state index in [1.54, 1.807) is 12.1 Å². The van der Waals surface area contributed by atoms with Gasteiger partial charge in [-0.05, 0) is 18.4 Å². The van der Waals surface area contributed by atoms with Crippen molar-refractivity contribution in [3.63, 3.8) is 0 Å². The molecule has 1 aromatic carbocycles. The topological polar surface area (TPSA) is 57.6 Å². The average molecular weight is 275 g/mol. The van der Waals surface area contributed by atoms with Gasteiger partial charge in [0.25, 0.3) is 0 Å². The van der Waals surface area contributed by atoms with Crippen LogP contribution in [0, 0.1) is 11.3 Å². The van der Waals surface area contributed by atoms with Gasteiger partial charge in [0.05, 0.1) is 18.1 Å². The standard InChI is InChI=1S/C16H21NO3/c1-11(2)16(3)9-14(19)17(15(16)20)10-13(18)12-7-5-4-6-8-12/h4-8,11,13,18H,9-10H2,1-3H3. The largest absolute Gasteiger partial charge is 0.387 e. The van der Waals surface area contributed by atoms with E-state index >= 15 is 0 Å². The smallest absolute Gasteiger partial charge is 0.235 e. The molecule has 0 spiro atoms. The third kappa shape index (κ3) is 2.48. The van der Waals surface area contributed by atoms with Crippen LogP contribution in [0.3, 0.4) is 0 Å². The molecule has 2 unspecified atom stereocenters. The maximum absolute atomic E-state index is 12.4. The number of β-amino-alcohol motifs (C(OH)–C–C–N with tert-alkyl or cyclic N) is 1. The average Bonchev–Trinajstić information content (AvgIpc) is 2.64. The fraction of sp³-hybridized carbons (Fsp3) is 0.500. The molecule has 0 bridgehead atoms. The lowest BCUT2D eigenvalue weighted by molar-refractivity contribution is -0.143. The van der Waals surface area contributed by atoms with Crippen LogP contribution in [0.1, 0.15) is 38.9 Å². The van der Waals surface area contributed by atoms with E-state index in [-0.39, 0.29) is 30.7 Å². The Labute approximate surface area is 119 Å². The molecule has 20 heavy (non-hydrogen) atoms. The molecule has 4 nitrogen and oxygen atoms in total. The van der Waals surface area contributed by atoms with Crippen LogP contribution in [0.4, 0.5) is 0 Å². The van der Waals surface area contributed by atoms with E-state index in [9.17, 15) is 14.7 Å². The fourth-order valence-corrected chi connectivity index (χ4v) is 2.50. The predicted octanol–water partition coefficient (Wildman–Crippen LogP) is 2.14. The summed E-state index contributed by atoms with van der Waals surface area (Å²) >= 11 is 0. The summed E-state index contributed by atoms with van der Waals surface area (Å²) in [5.74, 6) is -0.272. The number of imide groups is 1. The number of hydrogen-bond acceptors (Lipinski definition) is 3. The first-order valence-electron chi connectivity index (χ1n) is 6.94. The summed E-state index contributed by atoms with van der Waals surface area (Å²) in [7, 11) is 0. The Kier molecular flexibility index (Phi) is 3.95. The van der Waals surface area contributed by atoms with Crippen LogP contribution in [-0.4, -0.2) is 28.4 Å². The molecular weight excluding hydrogens is 254 g/mol. The normalized spacial score (nSPS) is 24.6. The Morgan fingerprint density at radius 1 is 1.25 bits per heavy atom. The van der Waals surface area contributed by atoms with Gasteiger partial charge >= 0.3 is 0 Å². The van der Waals surface area contributed by atoms with E-state index in [2.05, 4.69) is 0 Å². The Hall–Kier alpha value is -1.68. The van der Waals surface area contributed by atoms with E-state index in [1.807, 2.05) is 39.0 Å². The molecule has 2 rings (SSSR count). The quantitative estimate of drug-likeness (QED) is 0.856. The first kappa shape index (κ1) is 14.7.